The van der Waals surface area contributed by atoms with Crippen LogP contribution in [0.2, 0.25) is 0 Å². The number of rotatable bonds is 3. The Kier molecular flexibility index (Phi) is 4.24. The zero-order valence-electron chi connectivity index (χ0n) is 16.6. The number of H-pyrrole nitrogens is 1. The van der Waals surface area contributed by atoms with Crippen molar-refractivity contribution in [1.82, 2.24) is 29.9 Å². The van der Waals surface area contributed by atoms with Gasteiger partial charge in [-0.25, -0.2) is 4.98 Å². The van der Waals surface area contributed by atoms with E-state index in [1.165, 1.54) is 0 Å². The molecule has 1 unspecified atom stereocenters. The predicted octanol–water partition coefficient (Wildman–Crippen LogP) is 4.01. The van der Waals surface area contributed by atoms with Crippen LogP contribution in [0.3, 0.4) is 0 Å². The number of likely N-dealkylation sites (tertiary alicyclic amines) is 1. The predicted molar refractivity (Wildman–Crippen MR) is 113 cm³/mol. The van der Waals surface area contributed by atoms with Gasteiger partial charge in [0.1, 0.15) is 10.7 Å². The molecular formula is C21H22N6OS. The fourth-order valence-corrected chi connectivity index (χ4v) is 5.27. The molecule has 0 radical (unpaired) electrons. The van der Waals surface area contributed by atoms with Gasteiger partial charge in [0.2, 0.25) is 0 Å². The first-order valence-corrected chi connectivity index (χ1v) is 10.6. The standard InChI is InChI=1S/C21H22N6OS/c1-12-19(13(2)26(3)25-12)15-11-16(24-23-15)21(28)27-10-6-8-17(27)20-22-14-7-4-5-9-18(14)29-20/h4-5,7,9,11,17H,6,8,10H2,1-3H3,(H,23,24). The smallest absolute Gasteiger partial charge is 0.272 e. The molecule has 1 aliphatic rings. The molecule has 1 aromatic carbocycles. The van der Waals surface area contributed by atoms with Gasteiger partial charge in [0, 0.05) is 24.8 Å². The number of carbonyl (C=O) groups excluding carboxylic acids is 1. The van der Waals surface area contributed by atoms with Crippen molar-refractivity contribution in [2.45, 2.75) is 32.7 Å². The molecule has 5 rings (SSSR count). The minimum atomic E-state index is -0.0234. The SMILES string of the molecule is Cc1nn(C)c(C)c1-c1cc(C(=O)N2CCCC2c2nc3ccccc3s2)[nH]n1. The number of aromatic nitrogens is 5. The summed E-state index contributed by atoms with van der Waals surface area (Å²) in [6, 6.07) is 9.99. The van der Waals surface area contributed by atoms with E-state index in [1.54, 1.807) is 11.3 Å². The number of hydrogen-bond donors (Lipinski definition) is 1. The molecule has 0 bridgehead atoms. The van der Waals surface area contributed by atoms with E-state index in [0.29, 0.717) is 5.69 Å². The molecule has 4 aromatic rings. The minimum Gasteiger partial charge on any atom is -0.328 e. The van der Waals surface area contributed by atoms with Crippen molar-refractivity contribution in [2.24, 2.45) is 7.05 Å². The monoisotopic (exact) mass is 406 g/mol. The molecule has 7 nitrogen and oxygen atoms in total. The lowest BCUT2D eigenvalue weighted by atomic mass is 10.1. The van der Waals surface area contributed by atoms with Gasteiger partial charge in [-0.2, -0.15) is 10.2 Å². The van der Waals surface area contributed by atoms with E-state index in [2.05, 4.69) is 21.4 Å². The first kappa shape index (κ1) is 18.1. The fraction of sp³-hybridized carbons (Fsp3) is 0.333. The number of aryl methyl sites for hydroxylation is 2. The van der Waals surface area contributed by atoms with Crippen molar-refractivity contribution in [2.75, 3.05) is 6.54 Å². The van der Waals surface area contributed by atoms with E-state index in [1.807, 2.05) is 54.7 Å². The maximum Gasteiger partial charge on any atom is 0.272 e. The van der Waals surface area contributed by atoms with Gasteiger partial charge in [0.25, 0.3) is 5.91 Å². The van der Waals surface area contributed by atoms with Crippen LogP contribution in [0.25, 0.3) is 21.5 Å². The third-order valence-electron chi connectivity index (χ3n) is 5.68. The lowest BCUT2D eigenvalue weighted by molar-refractivity contribution is 0.0729. The average Bonchev–Trinajstić information content (AvgIpc) is 3.47. The van der Waals surface area contributed by atoms with Crippen LogP contribution in [0, 0.1) is 13.8 Å². The lowest BCUT2D eigenvalue weighted by Crippen LogP contribution is -2.30. The van der Waals surface area contributed by atoms with E-state index in [0.717, 1.165) is 57.3 Å². The fourth-order valence-electron chi connectivity index (χ4n) is 4.16. The molecule has 1 aliphatic heterocycles. The van der Waals surface area contributed by atoms with Crippen LogP contribution in [0.15, 0.2) is 30.3 Å². The maximum atomic E-state index is 13.3. The molecule has 148 valence electrons. The zero-order valence-corrected chi connectivity index (χ0v) is 17.5. The van der Waals surface area contributed by atoms with Crippen molar-refractivity contribution in [3.8, 4) is 11.3 Å². The molecular weight excluding hydrogens is 384 g/mol. The summed E-state index contributed by atoms with van der Waals surface area (Å²) in [6.07, 6.45) is 1.92. The first-order chi connectivity index (χ1) is 14.0. The zero-order chi connectivity index (χ0) is 20.1. The second kappa shape index (κ2) is 6.81. The molecule has 1 amide bonds. The highest BCUT2D eigenvalue weighted by molar-refractivity contribution is 7.18. The maximum absolute atomic E-state index is 13.3. The minimum absolute atomic E-state index is 0.0218. The van der Waals surface area contributed by atoms with E-state index in [-0.39, 0.29) is 11.9 Å². The van der Waals surface area contributed by atoms with Crippen LogP contribution in [0.5, 0.6) is 0 Å². The summed E-state index contributed by atoms with van der Waals surface area (Å²) in [6.45, 7) is 4.70. The normalized spacial score (nSPS) is 16.8. The Morgan fingerprint density at radius 2 is 2.10 bits per heavy atom. The molecule has 1 atom stereocenters. The Bertz CT molecular complexity index is 1190. The lowest BCUT2D eigenvalue weighted by Gasteiger charge is -2.22. The quantitative estimate of drug-likeness (QED) is 0.557. The number of amides is 1. The van der Waals surface area contributed by atoms with Gasteiger partial charge < -0.3 is 4.90 Å². The van der Waals surface area contributed by atoms with Gasteiger partial charge in [0.15, 0.2) is 0 Å². The van der Waals surface area contributed by atoms with E-state index < -0.39 is 0 Å². The third kappa shape index (κ3) is 2.95. The van der Waals surface area contributed by atoms with E-state index in [9.17, 15) is 4.79 Å². The Balaban J connectivity index is 1.45. The number of fused-ring (bicyclic) bond motifs is 1. The summed E-state index contributed by atoms with van der Waals surface area (Å²) in [4.78, 5) is 20.0. The van der Waals surface area contributed by atoms with Crippen molar-refractivity contribution in [3.63, 3.8) is 0 Å². The molecule has 1 fully saturated rings. The van der Waals surface area contributed by atoms with Gasteiger partial charge in [0.05, 0.1) is 27.6 Å². The first-order valence-electron chi connectivity index (χ1n) is 9.75. The molecule has 29 heavy (non-hydrogen) atoms. The van der Waals surface area contributed by atoms with Gasteiger partial charge in [-0.15, -0.1) is 11.3 Å². The molecule has 8 heteroatoms. The van der Waals surface area contributed by atoms with Crippen LogP contribution in [0.4, 0.5) is 0 Å². The second-order valence-corrected chi connectivity index (χ2v) is 8.57. The molecule has 0 aliphatic carbocycles. The summed E-state index contributed by atoms with van der Waals surface area (Å²) in [5.74, 6) is -0.0234. The molecule has 0 spiro atoms. The van der Waals surface area contributed by atoms with Crippen LogP contribution in [-0.4, -0.2) is 42.3 Å². The number of thiazole rings is 1. The van der Waals surface area contributed by atoms with Crippen molar-refractivity contribution >= 4 is 27.5 Å². The topological polar surface area (TPSA) is 79.7 Å². The Morgan fingerprint density at radius 3 is 2.86 bits per heavy atom. The number of aromatic amines is 1. The second-order valence-electron chi connectivity index (χ2n) is 7.51. The van der Waals surface area contributed by atoms with Gasteiger partial charge in [-0.05, 0) is 44.9 Å². The van der Waals surface area contributed by atoms with Crippen LogP contribution in [0.1, 0.15) is 45.8 Å². The Labute approximate surface area is 172 Å². The number of hydrogen-bond acceptors (Lipinski definition) is 5. The highest BCUT2D eigenvalue weighted by atomic mass is 32.1. The van der Waals surface area contributed by atoms with Crippen molar-refractivity contribution < 1.29 is 4.79 Å². The van der Waals surface area contributed by atoms with Crippen molar-refractivity contribution in [1.29, 1.82) is 0 Å². The summed E-state index contributed by atoms with van der Waals surface area (Å²) >= 11 is 1.68. The van der Waals surface area contributed by atoms with Crippen LogP contribution >= 0.6 is 11.3 Å². The third-order valence-corrected chi connectivity index (χ3v) is 6.82. The molecule has 4 heterocycles. The Morgan fingerprint density at radius 1 is 1.28 bits per heavy atom. The van der Waals surface area contributed by atoms with E-state index >= 15 is 0 Å². The van der Waals surface area contributed by atoms with Gasteiger partial charge in [-0.1, -0.05) is 12.1 Å². The van der Waals surface area contributed by atoms with Gasteiger partial charge >= 0.3 is 0 Å². The van der Waals surface area contributed by atoms with Crippen molar-refractivity contribution in [3.05, 3.63) is 52.4 Å². The Hall–Kier alpha value is -3.00. The summed E-state index contributed by atoms with van der Waals surface area (Å²) in [5, 5.41) is 12.8. The van der Waals surface area contributed by atoms with E-state index in [4.69, 9.17) is 4.98 Å². The number of para-hydroxylation sites is 1. The molecule has 3 aromatic heterocycles. The van der Waals surface area contributed by atoms with Crippen LogP contribution in [-0.2, 0) is 7.05 Å². The van der Waals surface area contributed by atoms with Crippen LogP contribution < -0.4 is 0 Å². The number of carbonyl (C=O) groups is 1. The number of benzene rings is 1. The summed E-state index contributed by atoms with van der Waals surface area (Å²) in [7, 11) is 1.91. The average molecular weight is 407 g/mol. The summed E-state index contributed by atoms with van der Waals surface area (Å²) < 4.78 is 3.00. The largest absolute Gasteiger partial charge is 0.328 e. The number of nitrogens with one attached hydrogen (secondary N) is 1. The molecule has 1 saturated heterocycles. The highest BCUT2D eigenvalue weighted by Crippen LogP contribution is 2.37. The molecule has 0 saturated carbocycles. The van der Waals surface area contributed by atoms with Gasteiger partial charge in [-0.3, -0.25) is 14.6 Å². The summed E-state index contributed by atoms with van der Waals surface area (Å²) in [5.41, 5.74) is 5.18. The highest BCUT2D eigenvalue weighted by Gasteiger charge is 2.33. The molecule has 1 N–H and O–H groups in total. The number of nitrogens with zero attached hydrogens (tertiary/aromatic N) is 5.